The summed E-state index contributed by atoms with van der Waals surface area (Å²) in [5.41, 5.74) is 1.66. The molecule has 1 aromatic heterocycles. The molecular formula is C24H27N3O5. The lowest BCUT2D eigenvalue weighted by atomic mass is 10.1. The van der Waals surface area contributed by atoms with Gasteiger partial charge in [-0.25, -0.2) is 4.98 Å². The molecular weight excluding hydrogens is 410 g/mol. The van der Waals surface area contributed by atoms with E-state index in [-0.39, 0.29) is 18.0 Å². The SMILES string of the molecule is CCOc1ccc(C(=O)NCCn2cnc(-c3ccc(OC)cc3)cc2=O)cc1OCC. The van der Waals surface area contributed by atoms with Crippen LogP contribution in [0.5, 0.6) is 17.2 Å². The molecule has 0 bridgehead atoms. The van der Waals surface area contributed by atoms with Crippen molar-refractivity contribution in [2.24, 2.45) is 0 Å². The Bertz CT molecular complexity index is 1110. The van der Waals surface area contributed by atoms with Crippen LogP contribution in [0, 0.1) is 0 Å². The van der Waals surface area contributed by atoms with Gasteiger partial charge in [-0.05, 0) is 56.3 Å². The van der Waals surface area contributed by atoms with Crippen molar-refractivity contribution in [2.45, 2.75) is 20.4 Å². The Labute approximate surface area is 186 Å². The van der Waals surface area contributed by atoms with Crippen LogP contribution in [0.4, 0.5) is 0 Å². The Morgan fingerprint density at radius 1 is 1.00 bits per heavy atom. The smallest absolute Gasteiger partial charge is 0.253 e. The number of benzene rings is 2. The number of amides is 1. The van der Waals surface area contributed by atoms with Gasteiger partial charge in [0.15, 0.2) is 11.5 Å². The second kappa shape index (κ2) is 11.0. The highest BCUT2D eigenvalue weighted by atomic mass is 16.5. The number of carbonyl (C=O) groups excluding carboxylic acids is 1. The number of carbonyl (C=O) groups is 1. The maximum atomic E-state index is 12.5. The van der Waals surface area contributed by atoms with E-state index < -0.39 is 0 Å². The number of ether oxygens (including phenoxy) is 3. The molecule has 0 atom stereocenters. The summed E-state index contributed by atoms with van der Waals surface area (Å²) >= 11 is 0. The van der Waals surface area contributed by atoms with Crippen molar-refractivity contribution in [3.05, 3.63) is 70.8 Å². The number of nitrogens with one attached hydrogen (secondary N) is 1. The largest absolute Gasteiger partial charge is 0.497 e. The summed E-state index contributed by atoms with van der Waals surface area (Å²) < 4.78 is 17.7. The molecule has 2 aromatic carbocycles. The minimum atomic E-state index is -0.259. The second-order valence-corrected chi connectivity index (χ2v) is 6.82. The molecule has 3 rings (SSSR count). The molecule has 0 aliphatic heterocycles. The maximum Gasteiger partial charge on any atom is 0.253 e. The zero-order chi connectivity index (χ0) is 22.9. The van der Waals surface area contributed by atoms with Gasteiger partial charge in [-0.2, -0.15) is 0 Å². The van der Waals surface area contributed by atoms with Crippen LogP contribution in [0.15, 0.2) is 59.7 Å². The van der Waals surface area contributed by atoms with E-state index in [1.807, 2.05) is 38.1 Å². The highest BCUT2D eigenvalue weighted by Gasteiger charge is 2.11. The van der Waals surface area contributed by atoms with Gasteiger partial charge in [-0.3, -0.25) is 14.2 Å². The first-order valence-electron chi connectivity index (χ1n) is 10.4. The van der Waals surface area contributed by atoms with E-state index in [1.165, 1.54) is 17.0 Å². The van der Waals surface area contributed by atoms with Crippen LogP contribution in [-0.2, 0) is 6.54 Å². The first-order chi connectivity index (χ1) is 15.5. The molecule has 1 N–H and O–H groups in total. The minimum Gasteiger partial charge on any atom is -0.497 e. The molecule has 0 fully saturated rings. The topological polar surface area (TPSA) is 91.7 Å². The average Bonchev–Trinajstić information content (AvgIpc) is 2.81. The predicted octanol–water partition coefficient (Wildman–Crippen LogP) is 3.15. The fourth-order valence-corrected chi connectivity index (χ4v) is 3.10. The van der Waals surface area contributed by atoms with Gasteiger partial charge in [-0.15, -0.1) is 0 Å². The summed E-state index contributed by atoms with van der Waals surface area (Å²) in [6.45, 7) is 5.30. The van der Waals surface area contributed by atoms with Crippen molar-refractivity contribution < 1.29 is 19.0 Å². The third kappa shape index (κ3) is 5.66. The van der Waals surface area contributed by atoms with Gasteiger partial charge >= 0.3 is 0 Å². The zero-order valence-corrected chi connectivity index (χ0v) is 18.5. The van der Waals surface area contributed by atoms with Crippen LogP contribution in [0.25, 0.3) is 11.3 Å². The summed E-state index contributed by atoms with van der Waals surface area (Å²) in [6.07, 6.45) is 1.48. The molecule has 0 aliphatic rings. The lowest BCUT2D eigenvalue weighted by molar-refractivity contribution is 0.0951. The first kappa shape index (κ1) is 22.9. The molecule has 1 amide bonds. The van der Waals surface area contributed by atoms with Gasteiger partial charge in [0.2, 0.25) is 0 Å². The van der Waals surface area contributed by atoms with Crippen molar-refractivity contribution in [3.63, 3.8) is 0 Å². The lowest BCUT2D eigenvalue weighted by Crippen LogP contribution is -2.30. The second-order valence-electron chi connectivity index (χ2n) is 6.82. The van der Waals surface area contributed by atoms with Crippen molar-refractivity contribution in [1.82, 2.24) is 14.9 Å². The van der Waals surface area contributed by atoms with Crippen molar-refractivity contribution in [3.8, 4) is 28.5 Å². The van der Waals surface area contributed by atoms with Crippen LogP contribution in [0.1, 0.15) is 24.2 Å². The van der Waals surface area contributed by atoms with Crippen molar-refractivity contribution in [2.75, 3.05) is 26.9 Å². The standard InChI is InChI=1S/C24H27N3O5/c1-4-31-21-11-8-18(14-22(21)32-5-2)24(29)25-12-13-27-16-26-20(15-23(27)28)17-6-9-19(30-3)10-7-17/h6-11,14-16H,4-5,12-13H2,1-3H3,(H,25,29). The number of hydrogen-bond acceptors (Lipinski definition) is 6. The number of rotatable bonds is 10. The first-order valence-corrected chi connectivity index (χ1v) is 10.4. The summed E-state index contributed by atoms with van der Waals surface area (Å²) in [6, 6.07) is 13.9. The Morgan fingerprint density at radius 2 is 1.72 bits per heavy atom. The van der Waals surface area contributed by atoms with Crippen LogP contribution in [0.3, 0.4) is 0 Å². The monoisotopic (exact) mass is 437 g/mol. The van der Waals surface area contributed by atoms with E-state index >= 15 is 0 Å². The minimum absolute atomic E-state index is 0.195. The summed E-state index contributed by atoms with van der Waals surface area (Å²) in [4.78, 5) is 29.3. The Kier molecular flexibility index (Phi) is 7.85. The molecule has 168 valence electrons. The van der Waals surface area contributed by atoms with E-state index in [4.69, 9.17) is 14.2 Å². The Hall–Kier alpha value is -3.81. The van der Waals surface area contributed by atoms with E-state index in [1.54, 1.807) is 25.3 Å². The summed E-state index contributed by atoms with van der Waals surface area (Å²) in [5.74, 6) is 1.60. The maximum absolute atomic E-state index is 12.5. The molecule has 1 heterocycles. The van der Waals surface area contributed by atoms with Gasteiger partial charge in [0.25, 0.3) is 11.5 Å². The quantitative estimate of drug-likeness (QED) is 0.524. The average molecular weight is 437 g/mol. The van der Waals surface area contributed by atoms with E-state index in [2.05, 4.69) is 10.3 Å². The number of hydrogen-bond donors (Lipinski definition) is 1. The predicted molar refractivity (Wildman–Crippen MR) is 122 cm³/mol. The third-order valence-corrected chi connectivity index (χ3v) is 4.71. The van der Waals surface area contributed by atoms with E-state index in [9.17, 15) is 9.59 Å². The molecule has 0 saturated carbocycles. The molecule has 0 radical (unpaired) electrons. The van der Waals surface area contributed by atoms with Gasteiger partial charge < -0.3 is 19.5 Å². The summed E-state index contributed by atoms with van der Waals surface area (Å²) in [7, 11) is 1.60. The Balaban J connectivity index is 1.61. The lowest BCUT2D eigenvalue weighted by Gasteiger charge is -2.13. The van der Waals surface area contributed by atoms with Gasteiger partial charge in [0.1, 0.15) is 5.75 Å². The molecule has 0 aliphatic carbocycles. The third-order valence-electron chi connectivity index (χ3n) is 4.71. The summed E-state index contributed by atoms with van der Waals surface area (Å²) in [5, 5.41) is 2.82. The molecule has 32 heavy (non-hydrogen) atoms. The highest BCUT2D eigenvalue weighted by molar-refractivity contribution is 5.94. The van der Waals surface area contributed by atoms with Gasteiger partial charge in [-0.1, -0.05) is 0 Å². The number of nitrogens with zero attached hydrogens (tertiary/aromatic N) is 2. The fraction of sp³-hybridized carbons (Fsp3) is 0.292. The molecule has 0 unspecified atom stereocenters. The van der Waals surface area contributed by atoms with Gasteiger partial charge in [0.05, 0.1) is 32.3 Å². The van der Waals surface area contributed by atoms with E-state index in [0.717, 1.165) is 11.3 Å². The molecule has 0 spiro atoms. The molecule has 0 saturated heterocycles. The Morgan fingerprint density at radius 3 is 2.38 bits per heavy atom. The van der Waals surface area contributed by atoms with E-state index in [0.29, 0.717) is 42.5 Å². The van der Waals surface area contributed by atoms with Crippen LogP contribution in [0.2, 0.25) is 0 Å². The van der Waals surface area contributed by atoms with Crippen LogP contribution < -0.4 is 25.1 Å². The van der Waals surface area contributed by atoms with Crippen LogP contribution in [-0.4, -0.2) is 42.3 Å². The normalized spacial score (nSPS) is 10.5. The van der Waals surface area contributed by atoms with Crippen LogP contribution >= 0.6 is 0 Å². The van der Waals surface area contributed by atoms with Crippen molar-refractivity contribution >= 4 is 5.91 Å². The molecule has 3 aromatic rings. The van der Waals surface area contributed by atoms with Gasteiger partial charge in [0, 0.05) is 30.3 Å². The number of aromatic nitrogens is 2. The fourth-order valence-electron chi connectivity index (χ4n) is 3.10. The molecule has 8 heteroatoms. The number of methoxy groups -OCH3 is 1. The molecule has 8 nitrogen and oxygen atoms in total. The van der Waals surface area contributed by atoms with Crippen molar-refractivity contribution in [1.29, 1.82) is 0 Å². The highest BCUT2D eigenvalue weighted by Crippen LogP contribution is 2.28. The zero-order valence-electron chi connectivity index (χ0n) is 18.5.